The molecule has 0 radical (unpaired) electrons. The zero-order valence-corrected chi connectivity index (χ0v) is 8.58. The SMILES string of the molecule is CC(NCCOCC(F)F)c1ccco1. The molecule has 1 aromatic heterocycles. The normalized spacial score (nSPS) is 13.3. The van der Waals surface area contributed by atoms with Crippen LogP contribution in [0.15, 0.2) is 22.8 Å². The molecule has 0 spiro atoms. The highest BCUT2D eigenvalue weighted by atomic mass is 19.3. The van der Waals surface area contributed by atoms with Crippen molar-refractivity contribution in [3.05, 3.63) is 24.2 Å². The van der Waals surface area contributed by atoms with E-state index in [0.29, 0.717) is 6.54 Å². The second kappa shape index (κ2) is 6.53. The molecule has 86 valence electrons. The Hall–Kier alpha value is -0.940. The maximum absolute atomic E-state index is 11.7. The van der Waals surface area contributed by atoms with Crippen molar-refractivity contribution in [2.45, 2.75) is 19.4 Å². The monoisotopic (exact) mass is 219 g/mol. The second-order valence-electron chi connectivity index (χ2n) is 3.16. The molecule has 0 aliphatic rings. The molecule has 1 aromatic rings. The number of hydrogen-bond donors (Lipinski definition) is 1. The molecule has 0 fully saturated rings. The van der Waals surface area contributed by atoms with Crippen LogP contribution in [0.25, 0.3) is 0 Å². The van der Waals surface area contributed by atoms with Gasteiger partial charge in [0.25, 0.3) is 6.43 Å². The standard InChI is InChI=1S/C10H15F2NO2/c1-8(9-3-2-5-15-9)13-4-6-14-7-10(11)12/h2-3,5,8,10,13H,4,6-7H2,1H3. The fraction of sp³-hybridized carbons (Fsp3) is 0.600. The molecule has 1 N–H and O–H groups in total. The van der Waals surface area contributed by atoms with Crippen LogP contribution in [0.5, 0.6) is 0 Å². The summed E-state index contributed by atoms with van der Waals surface area (Å²) < 4.78 is 33.3. The summed E-state index contributed by atoms with van der Waals surface area (Å²) in [6.45, 7) is 2.23. The summed E-state index contributed by atoms with van der Waals surface area (Å²) >= 11 is 0. The van der Waals surface area contributed by atoms with Crippen molar-refractivity contribution in [2.24, 2.45) is 0 Å². The molecule has 0 aliphatic heterocycles. The lowest BCUT2D eigenvalue weighted by molar-refractivity contribution is 0.0182. The molecule has 0 bridgehead atoms. The van der Waals surface area contributed by atoms with Gasteiger partial charge in [-0.1, -0.05) is 0 Å². The molecule has 0 saturated carbocycles. The molecule has 0 aromatic carbocycles. The van der Waals surface area contributed by atoms with E-state index in [1.165, 1.54) is 0 Å². The Balaban J connectivity index is 2.05. The van der Waals surface area contributed by atoms with E-state index in [1.807, 2.05) is 13.0 Å². The zero-order chi connectivity index (χ0) is 11.1. The number of hydrogen-bond acceptors (Lipinski definition) is 3. The third-order valence-electron chi connectivity index (χ3n) is 1.91. The Bertz CT molecular complexity index is 252. The first-order chi connectivity index (χ1) is 7.20. The highest BCUT2D eigenvalue weighted by Crippen LogP contribution is 2.11. The van der Waals surface area contributed by atoms with E-state index < -0.39 is 13.0 Å². The second-order valence-corrected chi connectivity index (χ2v) is 3.16. The van der Waals surface area contributed by atoms with Gasteiger partial charge < -0.3 is 14.5 Å². The van der Waals surface area contributed by atoms with Crippen LogP contribution in [0, 0.1) is 0 Å². The zero-order valence-electron chi connectivity index (χ0n) is 8.58. The third-order valence-corrected chi connectivity index (χ3v) is 1.91. The smallest absolute Gasteiger partial charge is 0.261 e. The molecular weight excluding hydrogens is 204 g/mol. The van der Waals surface area contributed by atoms with Gasteiger partial charge in [-0.3, -0.25) is 0 Å². The van der Waals surface area contributed by atoms with E-state index in [9.17, 15) is 8.78 Å². The van der Waals surface area contributed by atoms with E-state index in [0.717, 1.165) is 5.76 Å². The molecule has 0 amide bonds. The van der Waals surface area contributed by atoms with E-state index in [-0.39, 0.29) is 12.6 Å². The summed E-state index contributed by atoms with van der Waals surface area (Å²) in [5, 5.41) is 3.10. The Labute approximate surface area is 87.4 Å². The van der Waals surface area contributed by atoms with Crippen LogP contribution in [0.1, 0.15) is 18.7 Å². The number of nitrogens with one attached hydrogen (secondary N) is 1. The van der Waals surface area contributed by atoms with Gasteiger partial charge in [0.05, 0.1) is 18.9 Å². The summed E-state index contributed by atoms with van der Waals surface area (Å²) in [7, 11) is 0. The van der Waals surface area contributed by atoms with E-state index in [1.54, 1.807) is 12.3 Å². The van der Waals surface area contributed by atoms with Gasteiger partial charge in [-0.25, -0.2) is 8.78 Å². The number of rotatable bonds is 7. The molecule has 1 heterocycles. The van der Waals surface area contributed by atoms with Crippen LogP contribution in [0.4, 0.5) is 8.78 Å². The van der Waals surface area contributed by atoms with Crippen LogP contribution in [-0.4, -0.2) is 26.2 Å². The van der Waals surface area contributed by atoms with Gasteiger partial charge in [-0.15, -0.1) is 0 Å². The lowest BCUT2D eigenvalue weighted by Gasteiger charge is -2.11. The van der Waals surface area contributed by atoms with Crippen LogP contribution in [0.3, 0.4) is 0 Å². The van der Waals surface area contributed by atoms with Crippen molar-refractivity contribution in [2.75, 3.05) is 19.8 Å². The van der Waals surface area contributed by atoms with Crippen molar-refractivity contribution in [1.29, 1.82) is 0 Å². The number of halogens is 2. The van der Waals surface area contributed by atoms with Crippen LogP contribution in [0.2, 0.25) is 0 Å². The van der Waals surface area contributed by atoms with Crippen molar-refractivity contribution >= 4 is 0 Å². The van der Waals surface area contributed by atoms with Gasteiger partial charge >= 0.3 is 0 Å². The minimum Gasteiger partial charge on any atom is -0.468 e. The van der Waals surface area contributed by atoms with Gasteiger partial charge in [0.2, 0.25) is 0 Å². The Morgan fingerprint density at radius 2 is 2.33 bits per heavy atom. The molecule has 0 saturated heterocycles. The number of ether oxygens (including phenoxy) is 1. The van der Waals surface area contributed by atoms with Crippen molar-refractivity contribution in [3.8, 4) is 0 Å². The molecule has 3 nitrogen and oxygen atoms in total. The van der Waals surface area contributed by atoms with Gasteiger partial charge in [0, 0.05) is 6.54 Å². The molecule has 1 unspecified atom stereocenters. The maximum atomic E-state index is 11.7. The average molecular weight is 219 g/mol. The summed E-state index contributed by atoms with van der Waals surface area (Å²) in [5.41, 5.74) is 0. The topological polar surface area (TPSA) is 34.4 Å². The summed E-state index contributed by atoms with van der Waals surface area (Å²) in [4.78, 5) is 0. The lowest BCUT2D eigenvalue weighted by atomic mass is 10.2. The van der Waals surface area contributed by atoms with Crippen LogP contribution in [-0.2, 0) is 4.74 Å². The van der Waals surface area contributed by atoms with Crippen molar-refractivity contribution < 1.29 is 17.9 Å². The highest BCUT2D eigenvalue weighted by molar-refractivity contribution is 5.02. The Kier molecular flexibility index (Phi) is 5.28. The van der Waals surface area contributed by atoms with Crippen molar-refractivity contribution in [1.82, 2.24) is 5.32 Å². The Morgan fingerprint density at radius 1 is 1.53 bits per heavy atom. The minimum atomic E-state index is -2.40. The van der Waals surface area contributed by atoms with Gasteiger partial charge in [0.15, 0.2) is 0 Å². The Morgan fingerprint density at radius 3 is 2.93 bits per heavy atom. The number of furan rings is 1. The minimum absolute atomic E-state index is 0.0650. The quantitative estimate of drug-likeness (QED) is 0.714. The van der Waals surface area contributed by atoms with Crippen molar-refractivity contribution in [3.63, 3.8) is 0 Å². The molecule has 5 heteroatoms. The highest BCUT2D eigenvalue weighted by Gasteiger charge is 2.06. The van der Waals surface area contributed by atoms with Gasteiger partial charge in [-0.05, 0) is 19.1 Å². The largest absolute Gasteiger partial charge is 0.468 e. The van der Waals surface area contributed by atoms with E-state index in [4.69, 9.17) is 9.15 Å². The number of alkyl halides is 2. The molecule has 15 heavy (non-hydrogen) atoms. The molecule has 1 atom stereocenters. The molecular formula is C10H15F2NO2. The predicted octanol–water partition coefficient (Wildman–Crippen LogP) is 2.21. The summed E-state index contributed by atoms with van der Waals surface area (Å²) in [6, 6.07) is 3.73. The first kappa shape index (κ1) is 12.1. The average Bonchev–Trinajstić information content (AvgIpc) is 2.69. The summed E-state index contributed by atoms with van der Waals surface area (Å²) in [5.74, 6) is 0.823. The van der Waals surface area contributed by atoms with Gasteiger partial charge in [-0.2, -0.15) is 0 Å². The molecule has 1 rings (SSSR count). The fourth-order valence-corrected chi connectivity index (χ4v) is 1.16. The van der Waals surface area contributed by atoms with Crippen LogP contribution < -0.4 is 5.32 Å². The predicted molar refractivity (Wildman–Crippen MR) is 51.9 cm³/mol. The fourth-order valence-electron chi connectivity index (χ4n) is 1.16. The first-order valence-electron chi connectivity index (χ1n) is 4.83. The van der Waals surface area contributed by atoms with Crippen LogP contribution >= 0.6 is 0 Å². The lowest BCUT2D eigenvalue weighted by Crippen LogP contribution is -2.23. The van der Waals surface area contributed by atoms with E-state index in [2.05, 4.69) is 5.32 Å². The maximum Gasteiger partial charge on any atom is 0.261 e. The third kappa shape index (κ3) is 4.90. The first-order valence-corrected chi connectivity index (χ1v) is 4.83. The summed E-state index contributed by atoms with van der Waals surface area (Å²) in [6.07, 6.45) is -0.798. The molecule has 0 aliphatic carbocycles. The van der Waals surface area contributed by atoms with Gasteiger partial charge in [0.1, 0.15) is 12.4 Å². The van der Waals surface area contributed by atoms with E-state index >= 15 is 0 Å².